The third-order valence-electron chi connectivity index (χ3n) is 2.33. The lowest BCUT2D eigenvalue weighted by Crippen LogP contribution is -3.00. The Balaban J connectivity index is 0.00000162. The standard InChI is InChI=1S/C11H13N5O.BrH/c1-9-2-5-16(6-3-9)7-4-10(17)14-11-12-8-13-15-11;/h2-3,5-6,8H,4,7H2,1H3,(H-,12,13,14,15,17);1H. The van der Waals surface area contributed by atoms with Gasteiger partial charge < -0.3 is 17.0 Å². The van der Waals surface area contributed by atoms with E-state index >= 15 is 0 Å². The summed E-state index contributed by atoms with van der Waals surface area (Å²) in [4.78, 5) is 15.4. The van der Waals surface area contributed by atoms with Gasteiger partial charge in [0.1, 0.15) is 6.33 Å². The van der Waals surface area contributed by atoms with E-state index < -0.39 is 0 Å². The second-order valence-electron chi connectivity index (χ2n) is 3.75. The molecule has 0 aliphatic rings. The van der Waals surface area contributed by atoms with Gasteiger partial charge in [-0.3, -0.25) is 10.1 Å². The number of aromatic amines is 1. The van der Waals surface area contributed by atoms with Crippen LogP contribution in [0, 0.1) is 6.92 Å². The van der Waals surface area contributed by atoms with Crippen molar-refractivity contribution in [2.75, 3.05) is 5.32 Å². The highest BCUT2D eigenvalue weighted by atomic mass is 79.9. The van der Waals surface area contributed by atoms with Crippen molar-refractivity contribution in [1.82, 2.24) is 15.2 Å². The number of anilines is 1. The first-order chi connectivity index (χ1) is 8.24. The molecule has 0 aliphatic heterocycles. The van der Waals surface area contributed by atoms with Crippen molar-refractivity contribution in [2.45, 2.75) is 19.9 Å². The molecule has 0 unspecified atom stereocenters. The van der Waals surface area contributed by atoms with Crippen molar-refractivity contribution in [1.29, 1.82) is 0 Å². The Labute approximate surface area is 115 Å². The Bertz CT molecular complexity index is 483. The Morgan fingerprint density at radius 3 is 2.78 bits per heavy atom. The molecule has 0 saturated carbocycles. The topological polar surface area (TPSA) is 74.5 Å². The summed E-state index contributed by atoms with van der Waals surface area (Å²) in [5.41, 5.74) is 1.20. The number of hydrogen-bond donors (Lipinski definition) is 2. The molecule has 2 heterocycles. The number of amides is 1. The maximum Gasteiger partial charge on any atom is 0.233 e. The largest absolute Gasteiger partial charge is 1.00 e. The molecule has 0 saturated heterocycles. The van der Waals surface area contributed by atoms with E-state index in [2.05, 4.69) is 20.5 Å². The minimum absolute atomic E-state index is 0. The number of H-pyrrole nitrogens is 1. The van der Waals surface area contributed by atoms with Crippen LogP contribution in [0.2, 0.25) is 0 Å². The lowest BCUT2D eigenvalue weighted by atomic mass is 10.3. The van der Waals surface area contributed by atoms with Crippen LogP contribution in [0.3, 0.4) is 0 Å². The average Bonchev–Trinajstić information content (AvgIpc) is 2.81. The molecule has 18 heavy (non-hydrogen) atoms. The Morgan fingerprint density at radius 2 is 2.17 bits per heavy atom. The summed E-state index contributed by atoms with van der Waals surface area (Å²) < 4.78 is 1.97. The van der Waals surface area contributed by atoms with Crippen LogP contribution in [0.4, 0.5) is 5.95 Å². The molecular formula is C11H14BrN5O. The lowest BCUT2D eigenvalue weighted by Gasteiger charge is -1.99. The van der Waals surface area contributed by atoms with Crippen LogP contribution in [0.1, 0.15) is 12.0 Å². The second-order valence-corrected chi connectivity index (χ2v) is 3.75. The van der Waals surface area contributed by atoms with E-state index in [0.29, 0.717) is 18.9 Å². The Kier molecular flexibility index (Phi) is 5.44. The highest BCUT2D eigenvalue weighted by molar-refractivity contribution is 5.88. The number of aromatic nitrogens is 4. The molecule has 6 nitrogen and oxygen atoms in total. The summed E-state index contributed by atoms with van der Waals surface area (Å²) in [6.45, 7) is 2.67. The monoisotopic (exact) mass is 311 g/mol. The molecule has 0 atom stereocenters. The fourth-order valence-corrected chi connectivity index (χ4v) is 1.37. The van der Waals surface area contributed by atoms with Gasteiger partial charge >= 0.3 is 0 Å². The highest BCUT2D eigenvalue weighted by Gasteiger charge is 2.07. The number of aryl methyl sites for hydroxylation is 2. The average molecular weight is 312 g/mol. The zero-order chi connectivity index (χ0) is 12.1. The van der Waals surface area contributed by atoms with Crippen molar-refractivity contribution in [3.63, 3.8) is 0 Å². The zero-order valence-electron chi connectivity index (χ0n) is 9.93. The quantitative estimate of drug-likeness (QED) is 0.610. The minimum atomic E-state index is -0.0881. The maximum atomic E-state index is 11.5. The van der Waals surface area contributed by atoms with Crippen LogP contribution in [0.25, 0.3) is 0 Å². The smallest absolute Gasteiger partial charge is 0.233 e. The van der Waals surface area contributed by atoms with Gasteiger partial charge in [0.05, 0.1) is 6.42 Å². The van der Waals surface area contributed by atoms with Gasteiger partial charge in [-0.05, 0) is 12.5 Å². The fraction of sp³-hybridized carbons (Fsp3) is 0.273. The van der Waals surface area contributed by atoms with Crippen LogP contribution in [-0.2, 0) is 11.3 Å². The van der Waals surface area contributed by atoms with Gasteiger partial charge in [0.25, 0.3) is 0 Å². The van der Waals surface area contributed by atoms with Crippen molar-refractivity contribution in [3.8, 4) is 0 Å². The van der Waals surface area contributed by atoms with Crippen LogP contribution in [-0.4, -0.2) is 21.1 Å². The number of halogens is 1. The normalized spacial score (nSPS) is 9.61. The van der Waals surface area contributed by atoms with Gasteiger partial charge in [-0.1, -0.05) is 0 Å². The number of pyridine rings is 1. The zero-order valence-corrected chi connectivity index (χ0v) is 11.5. The summed E-state index contributed by atoms with van der Waals surface area (Å²) in [5, 5.41) is 8.84. The molecule has 7 heteroatoms. The van der Waals surface area contributed by atoms with E-state index in [-0.39, 0.29) is 22.9 Å². The molecule has 0 spiro atoms. The molecule has 0 aromatic carbocycles. The SMILES string of the molecule is Cc1cc[n+](CCC(=O)Nc2ncn[nH]2)cc1.[Br-]. The maximum absolute atomic E-state index is 11.5. The van der Waals surface area contributed by atoms with Crippen LogP contribution in [0.5, 0.6) is 0 Å². The molecule has 1 amide bonds. The van der Waals surface area contributed by atoms with Crippen molar-refractivity contribution in [3.05, 3.63) is 36.4 Å². The van der Waals surface area contributed by atoms with Gasteiger partial charge in [-0.25, -0.2) is 9.67 Å². The lowest BCUT2D eigenvalue weighted by molar-refractivity contribution is -0.695. The minimum Gasteiger partial charge on any atom is -1.00 e. The van der Waals surface area contributed by atoms with E-state index in [0.717, 1.165) is 0 Å². The molecule has 0 fully saturated rings. The molecule has 96 valence electrons. The van der Waals surface area contributed by atoms with Crippen LogP contribution < -0.4 is 26.9 Å². The predicted octanol–water partition coefficient (Wildman–Crippen LogP) is -2.57. The number of carbonyl (C=O) groups excluding carboxylic acids is 1. The predicted molar refractivity (Wildman–Crippen MR) is 61.0 cm³/mol. The molecule has 0 bridgehead atoms. The molecule has 0 aliphatic carbocycles. The van der Waals surface area contributed by atoms with Gasteiger partial charge in [-0.15, -0.1) is 0 Å². The van der Waals surface area contributed by atoms with Crippen molar-refractivity contribution >= 4 is 11.9 Å². The van der Waals surface area contributed by atoms with E-state index in [1.165, 1.54) is 11.9 Å². The first-order valence-electron chi connectivity index (χ1n) is 5.35. The fourth-order valence-electron chi connectivity index (χ4n) is 1.37. The van der Waals surface area contributed by atoms with E-state index in [9.17, 15) is 4.79 Å². The molecule has 2 aromatic rings. The van der Waals surface area contributed by atoms with Crippen LogP contribution in [0.15, 0.2) is 30.9 Å². The second kappa shape index (κ2) is 6.85. The number of nitrogens with zero attached hydrogens (tertiary/aromatic N) is 3. The first-order valence-corrected chi connectivity index (χ1v) is 5.35. The molecular weight excluding hydrogens is 298 g/mol. The number of rotatable bonds is 4. The van der Waals surface area contributed by atoms with E-state index in [4.69, 9.17) is 0 Å². The van der Waals surface area contributed by atoms with Gasteiger partial charge in [0.2, 0.25) is 11.9 Å². The third-order valence-corrected chi connectivity index (χ3v) is 2.33. The first kappa shape index (κ1) is 14.3. The molecule has 2 aromatic heterocycles. The molecule has 0 radical (unpaired) electrons. The summed E-state index contributed by atoms with van der Waals surface area (Å²) in [5.74, 6) is 0.290. The third kappa shape index (κ3) is 4.25. The number of hydrogen-bond acceptors (Lipinski definition) is 3. The summed E-state index contributed by atoms with van der Waals surface area (Å²) in [7, 11) is 0. The summed E-state index contributed by atoms with van der Waals surface area (Å²) in [6, 6.07) is 4.02. The van der Waals surface area contributed by atoms with E-state index in [1.807, 2.05) is 36.0 Å². The van der Waals surface area contributed by atoms with Gasteiger partial charge in [0.15, 0.2) is 18.9 Å². The highest BCUT2D eigenvalue weighted by Crippen LogP contribution is 1.95. The van der Waals surface area contributed by atoms with E-state index in [1.54, 1.807) is 0 Å². The Hall–Kier alpha value is -1.76. The molecule has 2 rings (SSSR count). The van der Waals surface area contributed by atoms with Crippen molar-refractivity contribution in [2.24, 2.45) is 0 Å². The van der Waals surface area contributed by atoms with Crippen molar-refractivity contribution < 1.29 is 26.3 Å². The Morgan fingerprint density at radius 1 is 1.44 bits per heavy atom. The van der Waals surface area contributed by atoms with Gasteiger partial charge in [-0.2, -0.15) is 10.1 Å². The van der Waals surface area contributed by atoms with Gasteiger partial charge in [0, 0.05) is 12.1 Å². The molecule has 2 N–H and O–H groups in total. The number of carbonyl (C=O) groups is 1. The van der Waals surface area contributed by atoms with Crippen LogP contribution >= 0.6 is 0 Å². The number of nitrogens with one attached hydrogen (secondary N) is 2. The summed E-state index contributed by atoms with van der Waals surface area (Å²) >= 11 is 0. The summed E-state index contributed by atoms with van der Waals surface area (Å²) in [6.07, 6.45) is 5.66.